The van der Waals surface area contributed by atoms with E-state index >= 15 is 0 Å². The second-order valence-electron chi connectivity index (χ2n) is 4.95. The minimum absolute atomic E-state index is 0.458. The van der Waals surface area contributed by atoms with E-state index in [0.29, 0.717) is 16.8 Å². The van der Waals surface area contributed by atoms with Crippen LogP contribution < -0.4 is 15.0 Å². The molecule has 0 saturated carbocycles. The first-order chi connectivity index (χ1) is 9.72. The number of hydrogen-bond acceptors (Lipinski definition) is 6. The zero-order chi connectivity index (χ0) is 14.1. The number of hydrogen-bond donors (Lipinski definition) is 1. The fourth-order valence-corrected chi connectivity index (χ4v) is 3.53. The number of methoxy groups -OCH3 is 1. The average Bonchev–Trinajstić information content (AvgIpc) is 2.90. The van der Waals surface area contributed by atoms with Crippen LogP contribution in [0.4, 0.5) is 5.69 Å². The molecule has 0 radical (unpaired) electrons. The van der Waals surface area contributed by atoms with Crippen LogP contribution in [0.25, 0.3) is 10.2 Å². The highest BCUT2D eigenvalue weighted by Crippen LogP contribution is 2.37. The zero-order valence-electron chi connectivity index (χ0n) is 11.5. The minimum Gasteiger partial charge on any atom is -0.473 e. The number of rotatable bonds is 3. The first kappa shape index (κ1) is 13.3. The molecule has 0 spiro atoms. The lowest BCUT2D eigenvalue weighted by atomic mass is 10.1. The predicted molar refractivity (Wildman–Crippen MR) is 81.2 cm³/mol. The molecule has 1 aromatic carbocycles. The predicted octanol–water partition coefficient (Wildman–Crippen LogP) is 1.92. The van der Waals surface area contributed by atoms with E-state index in [-0.39, 0.29) is 0 Å². The van der Waals surface area contributed by atoms with E-state index in [1.54, 1.807) is 7.11 Å². The molecule has 1 aromatic heterocycles. The van der Waals surface area contributed by atoms with Gasteiger partial charge < -0.3 is 15.0 Å². The Kier molecular flexibility index (Phi) is 3.58. The number of thiazole rings is 1. The summed E-state index contributed by atoms with van der Waals surface area (Å²) in [4.78, 5) is 17.9. The van der Waals surface area contributed by atoms with Crippen molar-refractivity contribution in [3.05, 3.63) is 17.7 Å². The van der Waals surface area contributed by atoms with Gasteiger partial charge in [-0.05, 0) is 19.1 Å². The molecule has 20 heavy (non-hydrogen) atoms. The number of ether oxygens (including phenoxy) is 1. The van der Waals surface area contributed by atoms with Crippen LogP contribution in [0, 0.1) is 0 Å². The van der Waals surface area contributed by atoms with E-state index < -0.39 is 0 Å². The van der Waals surface area contributed by atoms with Crippen LogP contribution >= 0.6 is 11.3 Å². The number of nitrogens with one attached hydrogen (secondary N) is 1. The Morgan fingerprint density at radius 2 is 2.40 bits per heavy atom. The van der Waals surface area contributed by atoms with Gasteiger partial charge in [-0.3, -0.25) is 4.79 Å². The average molecular weight is 291 g/mol. The van der Waals surface area contributed by atoms with Gasteiger partial charge in [-0.15, -0.1) is 0 Å². The standard InChI is InChI=1S/C14H17N3O2S/c1-9-7-17(6-5-15-9)11-4-3-10(8-18)12-13(11)20-14(16-12)19-2/h3-4,8-9,15H,5-7H2,1-2H3. The molecular formula is C14H17N3O2S. The number of fused-ring (bicyclic) bond motifs is 1. The molecule has 106 valence electrons. The molecule has 6 heteroatoms. The maximum Gasteiger partial charge on any atom is 0.274 e. The monoisotopic (exact) mass is 291 g/mol. The summed E-state index contributed by atoms with van der Waals surface area (Å²) in [6.07, 6.45) is 0.853. The third-order valence-electron chi connectivity index (χ3n) is 3.55. The van der Waals surface area contributed by atoms with Crippen molar-refractivity contribution in [3.8, 4) is 5.19 Å². The summed E-state index contributed by atoms with van der Waals surface area (Å²) in [5.74, 6) is 0. The van der Waals surface area contributed by atoms with Crippen molar-refractivity contribution >= 4 is 33.5 Å². The number of carbonyl (C=O) groups excluding carboxylic acids is 1. The van der Waals surface area contributed by atoms with Gasteiger partial charge >= 0.3 is 0 Å². The highest BCUT2D eigenvalue weighted by atomic mass is 32.1. The van der Waals surface area contributed by atoms with Crippen LogP contribution in [0.15, 0.2) is 12.1 Å². The van der Waals surface area contributed by atoms with Gasteiger partial charge in [0.2, 0.25) is 0 Å². The van der Waals surface area contributed by atoms with Crippen molar-refractivity contribution in [1.82, 2.24) is 10.3 Å². The molecule has 0 amide bonds. The number of anilines is 1. The molecule has 5 nitrogen and oxygen atoms in total. The molecule has 1 unspecified atom stereocenters. The third kappa shape index (κ3) is 2.25. The summed E-state index contributed by atoms with van der Waals surface area (Å²) in [5, 5.41) is 4.03. The SMILES string of the molecule is COc1nc2c(C=O)ccc(N3CCNC(C)C3)c2s1. The van der Waals surface area contributed by atoms with Gasteiger partial charge in [0.05, 0.1) is 23.0 Å². The largest absolute Gasteiger partial charge is 0.473 e. The molecule has 0 aliphatic carbocycles. The lowest BCUT2D eigenvalue weighted by Crippen LogP contribution is -2.49. The molecule has 2 aromatic rings. The first-order valence-corrected chi connectivity index (χ1v) is 7.45. The molecule has 0 bridgehead atoms. The number of benzene rings is 1. The second-order valence-corrected chi connectivity index (χ2v) is 5.92. The van der Waals surface area contributed by atoms with Crippen molar-refractivity contribution in [3.63, 3.8) is 0 Å². The summed E-state index contributed by atoms with van der Waals surface area (Å²) in [7, 11) is 1.60. The van der Waals surface area contributed by atoms with Crippen molar-refractivity contribution in [2.24, 2.45) is 0 Å². The molecular weight excluding hydrogens is 274 g/mol. The quantitative estimate of drug-likeness (QED) is 0.876. The van der Waals surface area contributed by atoms with Crippen LogP contribution in [0.1, 0.15) is 17.3 Å². The Labute approximate surface area is 121 Å². The maximum absolute atomic E-state index is 11.2. The fraction of sp³-hybridized carbons (Fsp3) is 0.429. The Hall–Kier alpha value is -1.66. The summed E-state index contributed by atoms with van der Waals surface area (Å²) >= 11 is 1.49. The third-order valence-corrected chi connectivity index (χ3v) is 4.58. The smallest absolute Gasteiger partial charge is 0.274 e. The van der Waals surface area contributed by atoms with Gasteiger partial charge in [-0.25, -0.2) is 4.98 Å². The van der Waals surface area contributed by atoms with E-state index in [9.17, 15) is 4.79 Å². The summed E-state index contributed by atoms with van der Waals surface area (Å²) < 4.78 is 6.25. The van der Waals surface area contributed by atoms with Crippen molar-refractivity contribution in [1.29, 1.82) is 0 Å². The first-order valence-electron chi connectivity index (χ1n) is 6.64. The number of aromatic nitrogens is 1. The molecule has 1 aliphatic rings. The van der Waals surface area contributed by atoms with E-state index in [1.807, 2.05) is 12.1 Å². The van der Waals surface area contributed by atoms with Crippen LogP contribution in [-0.4, -0.2) is 44.1 Å². The van der Waals surface area contributed by atoms with Crippen LogP contribution in [0.5, 0.6) is 5.19 Å². The zero-order valence-corrected chi connectivity index (χ0v) is 12.4. The molecule has 1 fully saturated rings. The molecule has 2 heterocycles. The Balaban J connectivity index is 2.10. The van der Waals surface area contributed by atoms with Gasteiger partial charge in [0, 0.05) is 31.2 Å². The van der Waals surface area contributed by atoms with Gasteiger partial charge in [0.1, 0.15) is 0 Å². The number of carbonyl (C=O) groups is 1. The van der Waals surface area contributed by atoms with E-state index in [2.05, 4.69) is 22.1 Å². The van der Waals surface area contributed by atoms with Crippen LogP contribution in [-0.2, 0) is 0 Å². The van der Waals surface area contributed by atoms with E-state index in [4.69, 9.17) is 4.74 Å². The lowest BCUT2D eigenvalue weighted by Gasteiger charge is -2.33. The summed E-state index contributed by atoms with van der Waals surface area (Å²) in [5.41, 5.74) is 2.50. The number of nitrogens with zero attached hydrogens (tertiary/aromatic N) is 2. The molecule has 1 atom stereocenters. The maximum atomic E-state index is 11.2. The Morgan fingerprint density at radius 3 is 3.10 bits per heavy atom. The lowest BCUT2D eigenvalue weighted by molar-refractivity contribution is 0.112. The second kappa shape index (κ2) is 5.38. The normalized spacial score (nSPS) is 19.3. The van der Waals surface area contributed by atoms with E-state index in [0.717, 1.165) is 41.8 Å². The van der Waals surface area contributed by atoms with Gasteiger partial charge in [-0.2, -0.15) is 0 Å². The number of aldehydes is 1. The highest BCUT2D eigenvalue weighted by molar-refractivity contribution is 7.20. The molecule has 3 rings (SSSR count). The van der Waals surface area contributed by atoms with Gasteiger partial charge in [-0.1, -0.05) is 11.3 Å². The van der Waals surface area contributed by atoms with Crippen molar-refractivity contribution in [2.45, 2.75) is 13.0 Å². The van der Waals surface area contributed by atoms with Crippen LogP contribution in [0.2, 0.25) is 0 Å². The highest BCUT2D eigenvalue weighted by Gasteiger charge is 2.20. The topological polar surface area (TPSA) is 54.5 Å². The Bertz CT molecular complexity index is 641. The van der Waals surface area contributed by atoms with E-state index in [1.165, 1.54) is 11.3 Å². The van der Waals surface area contributed by atoms with Gasteiger partial charge in [0.15, 0.2) is 6.29 Å². The minimum atomic E-state index is 0.458. The van der Waals surface area contributed by atoms with Gasteiger partial charge in [0.25, 0.3) is 5.19 Å². The van der Waals surface area contributed by atoms with Crippen molar-refractivity contribution < 1.29 is 9.53 Å². The summed E-state index contributed by atoms with van der Waals surface area (Å²) in [6, 6.07) is 4.32. The van der Waals surface area contributed by atoms with Crippen molar-refractivity contribution in [2.75, 3.05) is 31.6 Å². The number of piperazine rings is 1. The summed E-state index contributed by atoms with van der Waals surface area (Å²) in [6.45, 7) is 5.06. The molecule has 1 N–H and O–H groups in total. The molecule has 1 aliphatic heterocycles. The Morgan fingerprint density at radius 1 is 1.55 bits per heavy atom. The van der Waals surface area contributed by atoms with Crippen LogP contribution in [0.3, 0.4) is 0 Å². The fourth-order valence-electron chi connectivity index (χ4n) is 2.58. The molecule has 1 saturated heterocycles.